The number of ether oxygens (including phenoxy) is 7. The Labute approximate surface area is 292 Å². The smallest absolute Gasteiger partial charge is 0.225 e. The highest BCUT2D eigenvalue weighted by Gasteiger charge is 2.55. The first-order valence-electron chi connectivity index (χ1n) is 18.2. The van der Waals surface area contributed by atoms with E-state index in [1.165, 1.54) is 11.8 Å². The summed E-state index contributed by atoms with van der Waals surface area (Å²) in [5.41, 5.74) is -4.19. The lowest BCUT2D eigenvalue weighted by atomic mass is 9.77. The number of methoxy groups -OCH3 is 1. The van der Waals surface area contributed by atoms with Crippen LogP contribution >= 0.6 is 0 Å². The second-order valence-electron chi connectivity index (χ2n) is 16.2. The second-order valence-corrected chi connectivity index (χ2v) is 16.2. The lowest BCUT2D eigenvalue weighted by Crippen LogP contribution is -2.59. The average Bonchev–Trinajstić information content (AvgIpc) is 3.82. The molecule has 0 aromatic carbocycles. The number of nitrogens with zero attached hydrogens (tertiary/aromatic N) is 1. The maximum absolute atomic E-state index is 13.8. The van der Waals surface area contributed by atoms with Crippen LogP contribution in [0.15, 0.2) is 0 Å². The predicted molar refractivity (Wildman–Crippen MR) is 179 cm³/mol. The fraction of sp³-hybridized carbons (Fsp3) is 0.972. The van der Waals surface area contributed by atoms with Crippen LogP contribution in [0.5, 0.6) is 0 Å². The van der Waals surface area contributed by atoms with Gasteiger partial charge in [0.2, 0.25) is 5.91 Å². The van der Waals surface area contributed by atoms with Gasteiger partial charge in [0.25, 0.3) is 0 Å². The molecule has 18 atom stereocenters. The molecule has 49 heavy (non-hydrogen) atoms. The molecule has 1 amide bonds. The molecule has 13 heteroatoms. The minimum Gasteiger partial charge on any atom is -0.388 e. The predicted octanol–water partition coefficient (Wildman–Crippen LogP) is 2.38. The van der Waals surface area contributed by atoms with Gasteiger partial charge in [-0.15, -0.1) is 0 Å². The van der Waals surface area contributed by atoms with Crippen LogP contribution in [0.4, 0.5) is 0 Å². The number of epoxide rings is 1. The van der Waals surface area contributed by atoms with Gasteiger partial charge in [-0.05, 0) is 54.4 Å². The molecule has 4 saturated heterocycles. The number of aliphatic hydroxyl groups is 4. The summed E-state index contributed by atoms with van der Waals surface area (Å²) in [6.07, 6.45) is -5.57. The van der Waals surface area contributed by atoms with E-state index in [9.17, 15) is 25.2 Å². The number of carbonyl (C=O) groups is 1. The summed E-state index contributed by atoms with van der Waals surface area (Å²) in [5, 5.41) is 46.4. The van der Waals surface area contributed by atoms with Crippen LogP contribution in [0.3, 0.4) is 0 Å². The van der Waals surface area contributed by atoms with E-state index in [1.54, 1.807) is 41.9 Å². The molecule has 4 N–H and O–H groups in total. The van der Waals surface area contributed by atoms with Gasteiger partial charge in [-0.2, -0.15) is 0 Å². The van der Waals surface area contributed by atoms with E-state index >= 15 is 0 Å². The second kappa shape index (κ2) is 15.6. The van der Waals surface area contributed by atoms with Crippen molar-refractivity contribution < 1.29 is 58.4 Å². The minimum absolute atomic E-state index is 0.0201. The number of aliphatic hydroxyl groups excluding tert-OH is 2. The highest BCUT2D eigenvalue weighted by Crippen LogP contribution is 2.43. The van der Waals surface area contributed by atoms with Gasteiger partial charge in [0.1, 0.15) is 23.9 Å². The molecule has 4 fully saturated rings. The fourth-order valence-corrected chi connectivity index (χ4v) is 8.41. The van der Waals surface area contributed by atoms with Crippen LogP contribution in [-0.2, 0) is 38.0 Å². The zero-order valence-corrected chi connectivity index (χ0v) is 31.7. The van der Waals surface area contributed by atoms with Crippen molar-refractivity contribution >= 4 is 5.91 Å². The van der Waals surface area contributed by atoms with Crippen molar-refractivity contribution in [2.45, 2.75) is 185 Å². The number of likely N-dealkylation sites (N-methyl/N-ethyl adjacent to an activating group) is 1. The first kappa shape index (κ1) is 40.8. The number of fused-ring (bicyclic) bond motifs is 1. The van der Waals surface area contributed by atoms with Gasteiger partial charge in [-0.3, -0.25) is 4.79 Å². The van der Waals surface area contributed by atoms with Crippen LogP contribution in [-0.4, -0.2) is 142 Å². The highest BCUT2D eigenvalue weighted by molar-refractivity contribution is 5.78. The Kier molecular flexibility index (Phi) is 13.0. The molecule has 0 aromatic heterocycles. The Bertz CT molecular complexity index is 1110. The molecular formula is C36H65NO12. The van der Waals surface area contributed by atoms with Crippen LogP contribution in [0.25, 0.3) is 0 Å². The Hall–Kier alpha value is -0.970. The average molecular weight is 704 g/mol. The normalized spacial score (nSPS) is 52.2. The summed E-state index contributed by atoms with van der Waals surface area (Å²) in [6, 6.07) is -0.755. The minimum atomic E-state index is -1.70. The van der Waals surface area contributed by atoms with Crippen molar-refractivity contribution in [3.05, 3.63) is 0 Å². The molecule has 0 bridgehead atoms. The van der Waals surface area contributed by atoms with Gasteiger partial charge in [-0.25, -0.2) is 0 Å². The molecule has 4 aliphatic heterocycles. The highest BCUT2D eigenvalue weighted by atomic mass is 16.7. The Balaban J connectivity index is 1.76. The van der Waals surface area contributed by atoms with Crippen molar-refractivity contribution in [3.8, 4) is 0 Å². The SMILES string of the molecule is CCC1OCC(C)C(OC2CC(C)(OC)C(O)C(C)O2)C(C)C(OC2OC(C)CC3OC32)C(C)(O)CC(C)C(=O)N(C)C(C)C(O)C1(C)O. The first-order valence-corrected chi connectivity index (χ1v) is 18.2. The molecule has 13 nitrogen and oxygen atoms in total. The van der Waals surface area contributed by atoms with Gasteiger partial charge in [0.05, 0.1) is 60.5 Å². The number of carbonyl (C=O) groups excluding carboxylic acids is 1. The lowest BCUT2D eigenvalue weighted by molar-refractivity contribution is -0.309. The molecule has 0 aromatic rings. The van der Waals surface area contributed by atoms with E-state index in [-0.39, 0.29) is 49.6 Å². The largest absolute Gasteiger partial charge is 0.388 e. The van der Waals surface area contributed by atoms with Gasteiger partial charge in [-0.1, -0.05) is 27.7 Å². The zero-order chi connectivity index (χ0) is 36.8. The molecule has 0 spiro atoms. The monoisotopic (exact) mass is 703 g/mol. The lowest BCUT2D eigenvalue weighted by Gasteiger charge is -2.48. The first-order chi connectivity index (χ1) is 22.7. The fourth-order valence-electron chi connectivity index (χ4n) is 8.41. The number of rotatable bonds is 6. The summed E-state index contributed by atoms with van der Waals surface area (Å²) >= 11 is 0. The molecule has 4 aliphatic rings. The van der Waals surface area contributed by atoms with E-state index in [4.69, 9.17) is 33.2 Å². The van der Waals surface area contributed by atoms with Gasteiger partial charge >= 0.3 is 0 Å². The van der Waals surface area contributed by atoms with E-state index in [2.05, 4.69) is 0 Å². The molecule has 286 valence electrons. The number of hydrogen-bond acceptors (Lipinski definition) is 12. The van der Waals surface area contributed by atoms with E-state index in [0.717, 1.165) is 6.42 Å². The summed E-state index contributed by atoms with van der Waals surface area (Å²) in [7, 11) is 3.14. The van der Waals surface area contributed by atoms with Gasteiger partial charge < -0.3 is 58.5 Å². The summed E-state index contributed by atoms with van der Waals surface area (Å²) in [5.74, 6) is -1.85. The molecule has 4 heterocycles. The topological polar surface area (TPSA) is 169 Å². The van der Waals surface area contributed by atoms with Crippen molar-refractivity contribution in [2.75, 3.05) is 20.8 Å². The standard InChI is InChI=1S/C36H65NO12/c1-13-25-36(10,42)29(38)22(6)37(11)32(40)18(2)15-34(8,41)31(49-33-28-24(47-28)14-20(4)45-33)21(5)27(19(3)17-44-25)48-26-16-35(9,43-12)30(39)23(7)46-26/h18-31,33,38-39,41-42H,13-17H2,1-12H3. The molecule has 0 aliphatic carbocycles. The maximum Gasteiger partial charge on any atom is 0.225 e. The quantitative estimate of drug-likeness (QED) is 0.299. The van der Waals surface area contributed by atoms with E-state index in [1.807, 2.05) is 34.6 Å². The molecule has 0 radical (unpaired) electrons. The van der Waals surface area contributed by atoms with Gasteiger partial charge in [0.15, 0.2) is 12.6 Å². The Morgan fingerprint density at radius 2 is 1.59 bits per heavy atom. The van der Waals surface area contributed by atoms with Crippen LogP contribution in [0, 0.1) is 17.8 Å². The Morgan fingerprint density at radius 1 is 0.939 bits per heavy atom. The number of hydrogen-bond donors (Lipinski definition) is 4. The third-order valence-electron chi connectivity index (χ3n) is 11.8. The summed E-state index contributed by atoms with van der Waals surface area (Å²) in [6.45, 7) is 18.1. The van der Waals surface area contributed by atoms with E-state index < -0.39 is 83.9 Å². The van der Waals surface area contributed by atoms with Crippen molar-refractivity contribution in [1.29, 1.82) is 0 Å². The molecular weight excluding hydrogens is 638 g/mol. The van der Waals surface area contributed by atoms with Crippen molar-refractivity contribution in [3.63, 3.8) is 0 Å². The number of amides is 1. The zero-order valence-electron chi connectivity index (χ0n) is 31.7. The van der Waals surface area contributed by atoms with Gasteiger partial charge in [0, 0.05) is 44.8 Å². The van der Waals surface area contributed by atoms with Crippen molar-refractivity contribution in [2.24, 2.45) is 17.8 Å². The van der Waals surface area contributed by atoms with E-state index in [0.29, 0.717) is 6.42 Å². The maximum atomic E-state index is 13.8. The van der Waals surface area contributed by atoms with Crippen LogP contribution < -0.4 is 0 Å². The third kappa shape index (κ3) is 8.64. The molecule has 18 unspecified atom stereocenters. The summed E-state index contributed by atoms with van der Waals surface area (Å²) in [4.78, 5) is 15.3. The van der Waals surface area contributed by atoms with Crippen molar-refractivity contribution in [1.82, 2.24) is 4.90 Å². The Morgan fingerprint density at radius 3 is 2.20 bits per heavy atom. The van der Waals surface area contributed by atoms with Crippen LogP contribution in [0.1, 0.15) is 94.9 Å². The van der Waals surface area contributed by atoms with Crippen LogP contribution in [0.2, 0.25) is 0 Å². The summed E-state index contributed by atoms with van der Waals surface area (Å²) < 4.78 is 44.0. The molecule has 0 saturated carbocycles. The third-order valence-corrected chi connectivity index (χ3v) is 11.8. The molecule has 4 rings (SSSR count).